The molecule has 1 amide bonds. The molecule has 0 radical (unpaired) electrons. The molecule has 0 fully saturated rings. The highest BCUT2D eigenvalue weighted by atomic mass is 16.6. The molecule has 4 rings (SSSR count). The average Bonchev–Trinajstić information content (AvgIpc) is 3.15. The van der Waals surface area contributed by atoms with Crippen molar-refractivity contribution in [2.45, 2.75) is 38.8 Å². The number of hydrogen-bond acceptors (Lipinski definition) is 6. The molecule has 1 aliphatic carbocycles. The van der Waals surface area contributed by atoms with E-state index in [2.05, 4.69) is 22.8 Å². The van der Waals surface area contributed by atoms with E-state index in [9.17, 15) is 19.5 Å². The van der Waals surface area contributed by atoms with Gasteiger partial charge in [-0.15, -0.1) is 0 Å². The van der Waals surface area contributed by atoms with Crippen molar-refractivity contribution in [2.75, 3.05) is 18.5 Å². The van der Waals surface area contributed by atoms with Gasteiger partial charge in [-0.25, -0.2) is 9.59 Å². The maximum absolute atomic E-state index is 12.7. The molecule has 192 valence electrons. The van der Waals surface area contributed by atoms with Gasteiger partial charge in [0.15, 0.2) is 0 Å². The molecule has 0 aromatic heterocycles. The first-order valence-corrected chi connectivity index (χ1v) is 12.0. The van der Waals surface area contributed by atoms with E-state index < -0.39 is 23.6 Å². The van der Waals surface area contributed by atoms with Crippen molar-refractivity contribution < 1.29 is 29.0 Å². The van der Waals surface area contributed by atoms with Gasteiger partial charge >= 0.3 is 18.0 Å². The number of carboxylic acids is 1. The SMILES string of the molecule is CC(C)(C)OC(=O)CNCc1cc(NC(=O)OCC2c3ccccc3-c3ccccc32)cc(C(=O)O)c1. The predicted molar refractivity (Wildman–Crippen MR) is 140 cm³/mol. The van der Waals surface area contributed by atoms with Crippen molar-refractivity contribution in [1.29, 1.82) is 0 Å². The van der Waals surface area contributed by atoms with E-state index in [0.717, 1.165) is 22.3 Å². The molecule has 0 bridgehead atoms. The van der Waals surface area contributed by atoms with Crippen LogP contribution in [0.5, 0.6) is 0 Å². The van der Waals surface area contributed by atoms with Gasteiger partial charge in [0.05, 0.1) is 12.1 Å². The smallest absolute Gasteiger partial charge is 0.411 e. The van der Waals surface area contributed by atoms with Crippen molar-refractivity contribution in [3.8, 4) is 11.1 Å². The zero-order valence-electron chi connectivity index (χ0n) is 21.0. The van der Waals surface area contributed by atoms with Crippen LogP contribution < -0.4 is 10.6 Å². The average molecular weight is 503 g/mol. The molecule has 1 aliphatic rings. The number of nitrogens with one attached hydrogen (secondary N) is 2. The molecule has 0 heterocycles. The summed E-state index contributed by atoms with van der Waals surface area (Å²) in [5.74, 6) is -1.64. The van der Waals surface area contributed by atoms with Crippen LogP contribution in [0.3, 0.4) is 0 Å². The first-order chi connectivity index (χ1) is 17.6. The molecule has 0 atom stereocenters. The number of aromatic carboxylic acids is 1. The summed E-state index contributed by atoms with van der Waals surface area (Å²) in [7, 11) is 0. The van der Waals surface area contributed by atoms with Gasteiger partial charge in [-0.3, -0.25) is 10.1 Å². The summed E-state index contributed by atoms with van der Waals surface area (Å²) < 4.78 is 10.8. The summed E-state index contributed by atoms with van der Waals surface area (Å²) in [4.78, 5) is 36.2. The van der Waals surface area contributed by atoms with Gasteiger partial charge in [0.25, 0.3) is 0 Å². The van der Waals surface area contributed by atoms with Crippen molar-refractivity contribution >= 4 is 23.7 Å². The molecule has 3 aromatic rings. The normalized spacial score (nSPS) is 12.4. The van der Waals surface area contributed by atoms with Crippen LogP contribution in [0.15, 0.2) is 66.7 Å². The van der Waals surface area contributed by atoms with Crippen LogP contribution in [0.1, 0.15) is 53.7 Å². The molecule has 3 N–H and O–H groups in total. The maximum atomic E-state index is 12.7. The predicted octanol–water partition coefficient (Wildman–Crippen LogP) is 5.18. The van der Waals surface area contributed by atoms with Gasteiger partial charge < -0.3 is 19.9 Å². The Kier molecular flexibility index (Phi) is 7.59. The molecule has 0 spiro atoms. The Labute approximate surface area is 215 Å². The van der Waals surface area contributed by atoms with E-state index in [4.69, 9.17) is 9.47 Å². The molecule has 0 unspecified atom stereocenters. The summed E-state index contributed by atoms with van der Waals surface area (Å²) >= 11 is 0. The lowest BCUT2D eigenvalue weighted by Crippen LogP contribution is -2.31. The molecule has 0 saturated heterocycles. The van der Waals surface area contributed by atoms with Gasteiger partial charge in [-0.05, 0) is 66.8 Å². The number of benzene rings is 3. The molecule has 3 aromatic carbocycles. The Bertz CT molecular complexity index is 1280. The Morgan fingerprint density at radius 1 is 0.919 bits per heavy atom. The van der Waals surface area contributed by atoms with Gasteiger partial charge in [-0.2, -0.15) is 0 Å². The number of fused-ring (bicyclic) bond motifs is 3. The highest BCUT2D eigenvalue weighted by Crippen LogP contribution is 2.44. The lowest BCUT2D eigenvalue weighted by molar-refractivity contribution is -0.153. The highest BCUT2D eigenvalue weighted by molar-refractivity contribution is 5.92. The van der Waals surface area contributed by atoms with E-state index in [1.807, 2.05) is 36.4 Å². The van der Waals surface area contributed by atoms with Gasteiger partial charge in [0.2, 0.25) is 0 Å². The van der Waals surface area contributed by atoms with Crippen LogP contribution in [0.2, 0.25) is 0 Å². The largest absolute Gasteiger partial charge is 0.478 e. The molecular weight excluding hydrogens is 472 g/mol. The van der Waals surface area contributed by atoms with Crippen molar-refractivity contribution in [2.24, 2.45) is 0 Å². The standard InChI is InChI=1S/C29H30N2O6/c1-29(2,3)37-26(32)16-30-15-18-12-19(27(33)34)14-20(13-18)31-28(35)36-17-25-23-10-6-4-8-21(23)22-9-5-7-11-24(22)25/h4-14,25,30H,15-17H2,1-3H3,(H,31,35)(H,33,34). The third-order valence-corrected chi connectivity index (χ3v) is 5.85. The van der Waals surface area contributed by atoms with E-state index >= 15 is 0 Å². The van der Waals surface area contributed by atoms with E-state index in [1.54, 1.807) is 26.8 Å². The first kappa shape index (κ1) is 25.9. The second-order valence-corrected chi connectivity index (χ2v) is 9.86. The lowest BCUT2D eigenvalue weighted by Gasteiger charge is -2.19. The number of carbonyl (C=O) groups excluding carboxylic acids is 2. The maximum Gasteiger partial charge on any atom is 0.411 e. The summed E-state index contributed by atoms with van der Waals surface area (Å²) in [5, 5.41) is 15.1. The van der Waals surface area contributed by atoms with Gasteiger partial charge in [0.1, 0.15) is 12.2 Å². The molecule has 37 heavy (non-hydrogen) atoms. The number of carboxylic acid groups (broad SMARTS) is 1. The molecule has 0 saturated carbocycles. The third kappa shape index (κ3) is 6.54. The molecular formula is C29H30N2O6. The van der Waals surface area contributed by atoms with Gasteiger partial charge in [0, 0.05) is 18.2 Å². The number of ether oxygens (including phenoxy) is 2. The topological polar surface area (TPSA) is 114 Å². The van der Waals surface area contributed by atoms with Crippen molar-refractivity contribution in [3.63, 3.8) is 0 Å². The summed E-state index contributed by atoms with van der Waals surface area (Å²) in [6.07, 6.45) is -0.683. The third-order valence-electron chi connectivity index (χ3n) is 5.85. The Morgan fingerprint density at radius 3 is 2.14 bits per heavy atom. The van der Waals surface area contributed by atoms with Crippen LogP contribution in [0.4, 0.5) is 10.5 Å². The number of hydrogen-bond donors (Lipinski definition) is 3. The van der Waals surface area contributed by atoms with Crippen LogP contribution in [0, 0.1) is 0 Å². The molecule has 8 heteroatoms. The van der Waals surface area contributed by atoms with E-state index in [0.29, 0.717) is 5.56 Å². The minimum Gasteiger partial charge on any atom is -0.478 e. The fraction of sp³-hybridized carbons (Fsp3) is 0.276. The fourth-order valence-corrected chi connectivity index (χ4v) is 4.43. The second kappa shape index (κ2) is 10.8. The van der Waals surface area contributed by atoms with Gasteiger partial charge in [-0.1, -0.05) is 48.5 Å². The summed E-state index contributed by atoms with van der Waals surface area (Å²) in [6, 6.07) is 20.6. The van der Waals surface area contributed by atoms with Crippen LogP contribution in [0.25, 0.3) is 11.1 Å². The second-order valence-electron chi connectivity index (χ2n) is 9.86. The van der Waals surface area contributed by atoms with Crippen molar-refractivity contribution in [1.82, 2.24) is 5.32 Å². The zero-order valence-corrected chi connectivity index (χ0v) is 21.0. The highest BCUT2D eigenvalue weighted by Gasteiger charge is 2.29. The zero-order chi connectivity index (χ0) is 26.6. The number of carbonyl (C=O) groups is 3. The fourth-order valence-electron chi connectivity index (χ4n) is 4.43. The Balaban J connectivity index is 1.40. The quantitative estimate of drug-likeness (QED) is 0.364. The van der Waals surface area contributed by atoms with Crippen LogP contribution in [-0.4, -0.2) is 41.9 Å². The van der Waals surface area contributed by atoms with Crippen molar-refractivity contribution in [3.05, 3.63) is 89.0 Å². The van der Waals surface area contributed by atoms with Crippen LogP contribution >= 0.6 is 0 Å². The minimum atomic E-state index is -1.13. The number of esters is 1. The number of anilines is 1. The Morgan fingerprint density at radius 2 is 1.54 bits per heavy atom. The van der Waals surface area contributed by atoms with Crippen LogP contribution in [-0.2, 0) is 20.8 Å². The lowest BCUT2D eigenvalue weighted by atomic mass is 9.98. The van der Waals surface area contributed by atoms with E-state index in [1.165, 1.54) is 12.1 Å². The Hall–Kier alpha value is -4.17. The minimum absolute atomic E-state index is 0.00511. The first-order valence-electron chi connectivity index (χ1n) is 12.0. The summed E-state index contributed by atoms with van der Waals surface area (Å²) in [6.45, 7) is 5.65. The van der Waals surface area contributed by atoms with E-state index in [-0.39, 0.29) is 36.9 Å². The monoisotopic (exact) mass is 502 g/mol. The summed E-state index contributed by atoms with van der Waals surface area (Å²) in [5.41, 5.74) is 4.73. The number of amides is 1. The number of rotatable bonds is 8. The molecule has 8 nitrogen and oxygen atoms in total. The molecule has 0 aliphatic heterocycles.